The first-order chi connectivity index (χ1) is 11.5. The van der Waals surface area contributed by atoms with Crippen LogP contribution in [-0.4, -0.2) is 18.4 Å². The number of hydrogen-bond donors (Lipinski definition) is 1. The number of anilines is 2. The Morgan fingerprint density at radius 1 is 1.08 bits per heavy atom. The molecule has 2 amide bonds. The molecule has 0 unspecified atom stereocenters. The lowest BCUT2D eigenvalue weighted by Crippen LogP contribution is -2.28. The Hall–Kier alpha value is -1.75. The largest absolute Gasteiger partial charge is 0.324 e. The van der Waals surface area contributed by atoms with Gasteiger partial charge < -0.3 is 10.2 Å². The van der Waals surface area contributed by atoms with Crippen molar-refractivity contribution in [3.05, 3.63) is 57.5 Å². The highest BCUT2D eigenvalue weighted by molar-refractivity contribution is 6.36. The number of amides is 2. The van der Waals surface area contributed by atoms with Crippen molar-refractivity contribution in [2.45, 2.75) is 6.42 Å². The van der Waals surface area contributed by atoms with Gasteiger partial charge in [-0.05, 0) is 30.3 Å². The van der Waals surface area contributed by atoms with Crippen LogP contribution in [0.1, 0.15) is 6.42 Å². The molecule has 7 heteroatoms. The Morgan fingerprint density at radius 3 is 2.54 bits per heavy atom. The summed E-state index contributed by atoms with van der Waals surface area (Å²) < 4.78 is 0. The minimum Gasteiger partial charge on any atom is -0.324 e. The molecule has 2 aromatic rings. The topological polar surface area (TPSA) is 49.4 Å². The SMILES string of the molecule is O=C(Nc1ccc(Cl)cc1Cl)[C@H]1CC(=O)N(c2ccccc2Cl)C1. The van der Waals surface area contributed by atoms with E-state index in [0.29, 0.717) is 26.4 Å². The fourth-order valence-electron chi connectivity index (χ4n) is 2.61. The number of nitrogens with one attached hydrogen (secondary N) is 1. The summed E-state index contributed by atoms with van der Waals surface area (Å²) in [5, 5.41) is 4.06. The summed E-state index contributed by atoms with van der Waals surface area (Å²) in [6.07, 6.45) is 0.127. The first-order valence-corrected chi connectivity index (χ1v) is 8.40. The third-order valence-corrected chi connectivity index (χ3v) is 4.70. The van der Waals surface area contributed by atoms with Crippen LogP contribution in [-0.2, 0) is 9.59 Å². The Kier molecular flexibility index (Phi) is 4.99. The second kappa shape index (κ2) is 7.01. The van der Waals surface area contributed by atoms with E-state index in [-0.39, 0.29) is 24.8 Å². The van der Waals surface area contributed by atoms with E-state index >= 15 is 0 Å². The summed E-state index contributed by atoms with van der Waals surface area (Å²) in [5.41, 5.74) is 1.08. The lowest BCUT2D eigenvalue weighted by atomic mass is 10.1. The second-order valence-electron chi connectivity index (χ2n) is 5.47. The zero-order valence-electron chi connectivity index (χ0n) is 12.4. The zero-order chi connectivity index (χ0) is 17.3. The third-order valence-electron chi connectivity index (χ3n) is 3.83. The molecule has 1 aliphatic heterocycles. The summed E-state index contributed by atoms with van der Waals surface area (Å²) in [4.78, 5) is 26.2. The highest BCUT2D eigenvalue weighted by Gasteiger charge is 2.36. The van der Waals surface area contributed by atoms with Gasteiger partial charge in [-0.1, -0.05) is 46.9 Å². The van der Waals surface area contributed by atoms with Crippen molar-refractivity contribution < 1.29 is 9.59 Å². The molecule has 1 N–H and O–H groups in total. The molecule has 0 aliphatic carbocycles. The van der Waals surface area contributed by atoms with Gasteiger partial charge in [-0.15, -0.1) is 0 Å². The predicted octanol–water partition coefficient (Wildman–Crippen LogP) is 4.64. The molecule has 0 saturated carbocycles. The predicted molar refractivity (Wildman–Crippen MR) is 97.0 cm³/mol. The molecule has 2 aromatic carbocycles. The first kappa shape index (κ1) is 17.1. The molecular weight excluding hydrogens is 371 g/mol. The Morgan fingerprint density at radius 2 is 1.83 bits per heavy atom. The van der Waals surface area contributed by atoms with Crippen molar-refractivity contribution >= 4 is 58.0 Å². The molecule has 0 radical (unpaired) electrons. The maximum absolute atomic E-state index is 12.4. The molecule has 24 heavy (non-hydrogen) atoms. The zero-order valence-corrected chi connectivity index (χ0v) is 14.7. The van der Waals surface area contributed by atoms with E-state index in [1.807, 2.05) is 0 Å². The summed E-state index contributed by atoms with van der Waals surface area (Å²) >= 11 is 18.0. The van der Waals surface area contributed by atoms with Crippen molar-refractivity contribution in [3.8, 4) is 0 Å². The smallest absolute Gasteiger partial charge is 0.229 e. The molecule has 124 valence electrons. The summed E-state index contributed by atoms with van der Waals surface area (Å²) in [7, 11) is 0. The number of hydrogen-bond acceptors (Lipinski definition) is 2. The molecule has 1 fully saturated rings. The molecule has 1 heterocycles. The number of benzene rings is 2. The van der Waals surface area contributed by atoms with Crippen LogP contribution in [0.25, 0.3) is 0 Å². The summed E-state index contributed by atoms with van der Waals surface area (Å²) in [6, 6.07) is 11.9. The van der Waals surface area contributed by atoms with Crippen LogP contribution in [0, 0.1) is 5.92 Å². The van der Waals surface area contributed by atoms with E-state index in [4.69, 9.17) is 34.8 Å². The van der Waals surface area contributed by atoms with Crippen LogP contribution in [0.4, 0.5) is 11.4 Å². The molecule has 1 aliphatic rings. The first-order valence-electron chi connectivity index (χ1n) is 7.26. The Bertz CT molecular complexity index is 810. The number of rotatable bonds is 3. The van der Waals surface area contributed by atoms with Gasteiger partial charge >= 0.3 is 0 Å². The fraction of sp³-hybridized carbons (Fsp3) is 0.176. The van der Waals surface area contributed by atoms with Gasteiger partial charge in [0.25, 0.3) is 0 Å². The van der Waals surface area contributed by atoms with Gasteiger partial charge in [0.15, 0.2) is 0 Å². The summed E-state index contributed by atoms with van der Waals surface area (Å²) in [6.45, 7) is 0.277. The molecule has 0 aromatic heterocycles. The Labute approximate surface area is 154 Å². The minimum absolute atomic E-state index is 0.127. The lowest BCUT2D eigenvalue weighted by Gasteiger charge is -2.18. The van der Waals surface area contributed by atoms with Crippen LogP contribution >= 0.6 is 34.8 Å². The van der Waals surface area contributed by atoms with Crippen molar-refractivity contribution in [2.75, 3.05) is 16.8 Å². The van der Waals surface area contributed by atoms with E-state index < -0.39 is 5.92 Å². The average molecular weight is 384 g/mol. The number of para-hydroxylation sites is 1. The monoisotopic (exact) mass is 382 g/mol. The lowest BCUT2D eigenvalue weighted by molar-refractivity contribution is -0.122. The molecule has 1 saturated heterocycles. The molecule has 0 spiro atoms. The van der Waals surface area contributed by atoms with Crippen LogP contribution < -0.4 is 10.2 Å². The van der Waals surface area contributed by atoms with E-state index in [1.165, 1.54) is 4.90 Å². The maximum atomic E-state index is 12.4. The Balaban J connectivity index is 1.73. The van der Waals surface area contributed by atoms with Gasteiger partial charge in [0.1, 0.15) is 0 Å². The normalized spacial score (nSPS) is 17.2. The van der Waals surface area contributed by atoms with Crippen LogP contribution in [0.5, 0.6) is 0 Å². The minimum atomic E-state index is -0.472. The second-order valence-corrected chi connectivity index (χ2v) is 6.72. The fourth-order valence-corrected chi connectivity index (χ4v) is 3.31. The van der Waals surface area contributed by atoms with E-state index in [2.05, 4.69) is 5.32 Å². The third kappa shape index (κ3) is 3.51. The number of halogens is 3. The standard InChI is InChI=1S/C17H13Cl3N2O2/c18-11-5-6-14(13(20)8-11)21-17(24)10-7-16(23)22(9-10)15-4-2-1-3-12(15)19/h1-6,8,10H,7,9H2,(H,21,24)/t10-/m0/s1. The van der Waals surface area contributed by atoms with Crippen molar-refractivity contribution in [1.29, 1.82) is 0 Å². The van der Waals surface area contributed by atoms with Crippen molar-refractivity contribution in [1.82, 2.24) is 0 Å². The molecule has 0 bridgehead atoms. The van der Waals surface area contributed by atoms with E-state index in [1.54, 1.807) is 42.5 Å². The van der Waals surface area contributed by atoms with Crippen molar-refractivity contribution in [2.24, 2.45) is 5.92 Å². The van der Waals surface area contributed by atoms with Crippen molar-refractivity contribution in [3.63, 3.8) is 0 Å². The average Bonchev–Trinajstić information content (AvgIpc) is 2.92. The van der Waals surface area contributed by atoms with Gasteiger partial charge in [-0.25, -0.2) is 0 Å². The number of carbonyl (C=O) groups is 2. The van der Waals surface area contributed by atoms with Gasteiger partial charge in [0.2, 0.25) is 11.8 Å². The van der Waals surface area contributed by atoms with Crippen LogP contribution in [0.15, 0.2) is 42.5 Å². The maximum Gasteiger partial charge on any atom is 0.229 e. The van der Waals surface area contributed by atoms with Crippen LogP contribution in [0.3, 0.4) is 0 Å². The quantitative estimate of drug-likeness (QED) is 0.839. The highest BCUT2D eigenvalue weighted by Crippen LogP contribution is 2.32. The molecule has 3 rings (SSSR count). The van der Waals surface area contributed by atoms with Crippen LogP contribution in [0.2, 0.25) is 15.1 Å². The highest BCUT2D eigenvalue weighted by atomic mass is 35.5. The van der Waals surface area contributed by atoms with Gasteiger partial charge in [-0.2, -0.15) is 0 Å². The molecule has 4 nitrogen and oxygen atoms in total. The van der Waals surface area contributed by atoms with Gasteiger partial charge in [-0.3, -0.25) is 9.59 Å². The summed E-state index contributed by atoms with van der Waals surface area (Å²) in [5.74, 6) is -0.868. The molecular formula is C17H13Cl3N2O2. The van der Waals surface area contributed by atoms with Gasteiger partial charge in [0.05, 0.1) is 27.3 Å². The van der Waals surface area contributed by atoms with E-state index in [9.17, 15) is 9.59 Å². The number of nitrogens with zero attached hydrogens (tertiary/aromatic N) is 1. The number of carbonyl (C=O) groups excluding carboxylic acids is 2. The van der Waals surface area contributed by atoms with Gasteiger partial charge in [0, 0.05) is 18.0 Å². The molecule has 1 atom stereocenters. The van der Waals surface area contributed by atoms with E-state index in [0.717, 1.165) is 0 Å².